The first-order chi connectivity index (χ1) is 8.16. The molecule has 1 aliphatic carbocycles. The van der Waals surface area contributed by atoms with Gasteiger partial charge in [-0.2, -0.15) is 0 Å². The molecule has 1 aromatic heterocycles. The first-order valence-electron chi connectivity index (χ1n) is 5.44. The van der Waals surface area contributed by atoms with Crippen molar-refractivity contribution in [1.29, 1.82) is 0 Å². The number of carbonyl (C=O) groups is 1. The molecule has 1 N–H and O–H groups in total. The van der Waals surface area contributed by atoms with E-state index >= 15 is 0 Å². The van der Waals surface area contributed by atoms with Gasteiger partial charge in [0.2, 0.25) is 0 Å². The van der Waals surface area contributed by atoms with Gasteiger partial charge < -0.3 is 5.11 Å². The van der Waals surface area contributed by atoms with E-state index < -0.39 is 5.97 Å². The third kappa shape index (κ3) is 1.58. The van der Waals surface area contributed by atoms with Crippen LogP contribution in [0.4, 0.5) is 0 Å². The zero-order valence-corrected chi connectivity index (χ0v) is 9.68. The van der Waals surface area contributed by atoms with E-state index in [0.717, 1.165) is 18.4 Å². The molecule has 0 saturated heterocycles. The van der Waals surface area contributed by atoms with E-state index in [4.69, 9.17) is 16.7 Å². The van der Waals surface area contributed by atoms with E-state index in [9.17, 15) is 4.79 Å². The molecule has 0 aliphatic heterocycles. The molecule has 1 heterocycles. The molecular weight excluding hydrogens is 242 g/mol. The van der Waals surface area contributed by atoms with Gasteiger partial charge >= 0.3 is 5.97 Å². The summed E-state index contributed by atoms with van der Waals surface area (Å²) in [7, 11) is 0. The molecule has 0 radical (unpaired) electrons. The number of fused-ring (bicyclic) bond motifs is 1. The summed E-state index contributed by atoms with van der Waals surface area (Å²) in [6, 6.07) is 3.49. The third-order valence-corrected chi connectivity index (χ3v) is 3.52. The van der Waals surface area contributed by atoms with Gasteiger partial charge in [0.25, 0.3) is 0 Å². The first kappa shape index (κ1) is 10.5. The topological polar surface area (TPSA) is 68.0 Å². The number of aromatic carboxylic acids is 1. The average molecular weight is 252 g/mol. The third-order valence-electron chi connectivity index (χ3n) is 3.21. The largest absolute Gasteiger partial charge is 0.478 e. The molecule has 17 heavy (non-hydrogen) atoms. The molecule has 1 aliphatic rings. The van der Waals surface area contributed by atoms with Crippen LogP contribution in [0.3, 0.4) is 0 Å². The van der Waals surface area contributed by atoms with Gasteiger partial charge in [-0.1, -0.05) is 16.8 Å². The Morgan fingerprint density at radius 1 is 1.47 bits per heavy atom. The van der Waals surface area contributed by atoms with Gasteiger partial charge in [-0.3, -0.25) is 0 Å². The number of carboxylic acid groups (broad SMARTS) is 1. The van der Waals surface area contributed by atoms with Crippen LogP contribution >= 0.6 is 11.6 Å². The minimum absolute atomic E-state index is 0.0693. The number of carboxylic acids is 1. The molecule has 3 rings (SSSR count). The highest BCUT2D eigenvalue weighted by molar-refractivity contribution is 6.34. The molecule has 1 saturated carbocycles. The number of rotatable bonds is 2. The normalized spacial score (nSPS) is 16.1. The summed E-state index contributed by atoms with van der Waals surface area (Å²) < 4.78 is 1.84. The van der Waals surface area contributed by atoms with Crippen LogP contribution < -0.4 is 0 Å². The van der Waals surface area contributed by atoms with Crippen LogP contribution in [-0.4, -0.2) is 26.1 Å². The number of benzene rings is 1. The van der Waals surface area contributed by atoms with Crippen LogP contribution in [0.15, 0.2) is 12.1 Å². The molecule has 6 heteroatoms. The van der Waals surface area contributed by atoms with Crippen molar-refractivity contribution in [1.82, 2.24) is 15.0 Å². The number of halogens is 1. The highest BCUT2D eigenvalue weighted by Gasteiger charge is 2.23. The summed E-state index contributed by atoms with van der Waals surface area (Å²) in [5.41, 5.74) is 1.46. The molecule has 0 unspecified atom stereocenters. The van der Waals surface area contributed by atoms with E-state index in [2.05, 4.69) is 10.3 Å². The van der Waals surface area contributed by atoms with Crippen molar-refractivity contribution < 1.29 is 9.90 Å². The Balaban J connectivity index is 2.17. The van der Waals surface area contributed by atoms with Gasteiger partial charge in [0, 0.05) is 0 Å². The standard InChI is InChI=1S/C11H10ClN3O2/c12-8-5-10-9(4-7(8)11(16)17)13-14-15(10)6-2-1-3-6/h4-6H,1-3H2,(H,16,17). The van der Waals surface area contributed by atoms with Crippen molar-refractivity contribution in [3.63, 3.8) is 0 Å². The fourth-order valence-electron chi connectivity index (χ4n) is 2.02. The number of aromatic nitrogens is 3. The maximum Gasteiger partial charge on any atom is 0.337 e. The van der Waals surface area contributed by atoms with Crippen LogP contribution in [0.1, 0.15) is 35.7 Å². The van der Waals surface area contributed by atoms with E-state index in [1.54, 1.807) is 6.07 Å². The second-order valence-electron chi connectivity index (χ2n) is 4.24. The molecule has 0 amide bonds. The average Bonchev–Trinajstić information content (AvgIpc) is 2.58. The fraction of sp³-hybridized carbons (Fsp3) is 0.364. The van der Waals surface area contributed by atoms with E-state index in [1.165, 1.54) is 12.5 Å². The lowest BCUT2D eigenvalue weighted by Crippen LogP contribution is -2.18. The predicted molar refractivity (Wildman–Crippen MR) is 62.4 cm³/mol. The fourth-order valence-corrected chi connectivity index (χ4v) is 2.26. The molecule has 0 atom stereocenters. The smallest absolute Gasteiger partial charge is 0.337 e. The van der Waals surface area contributed by atoms with Crippen molar-refractivity contribution in [3.05, 3.63) is 22.7 Å². The quantitative estimate of drug-likeness (QED) is 0.890. The Morgan fingerprint density at radius 2 is 2.24 bits per heavy atom. The van der Waals surface area contributed by atoms with Crippen molar-refractivity contribution >= 4 is 28.6 Å². The van der Waals surface area contributed by atoms with Gasteiger partial charge in [0.1, 0.15) is 5.52 Å². The lowest BCUT2D eigenvalue weighted by Gasteiger charge is -2.25. The second-order valence-corrected chi connectivity index (χ2v) is 4.65. The van der Waals surface area contributed by atoms with E-state index in [0.29, 0.717) is 11.6 Å². The Hall–Kier alpha value is -1.62. The van der Waals surface area contributed by atoms with E-state index in [1.807, 2.05) is 4.68 Å². The Morgan fingerprint density at radius 3 is 2.82 bits per heavy atom. The molecule has 2 aromatic rings. The van der Waals surface area contributed by atoms with Crippen molar-refractivity contribution in [2.75, 3.05) is 0 Å². The summed E-state index contributed by atoms with van der Waals surface area (Å²) in [6.07, 6.45) is 3.39. The highest BCUT2D eigenvalue weighted by Crippen LogP contribution is 2.34. The molecule has 1 aromatic carbocycles. The summed E-state index contributed by atoms with van der Waals surface area (Å²) >= 11 is 5.94. The maximum atomic E-state index is 10.9. The van der Waals surface area contributed by atoms with Crippen LogP contribution in [0.5, 0.6) is 0 Å². The maximum absolute atomic E-state index is 10.9. The first-order valence-corrected chi connectivity index (χ1v) is 5.82. The van der Waals surface area contributed by atoms with Gasteiger partial charge in [-0.05, 0) is 31.4 Å². The summed E-state index contributed by atoms with van der Waals surface area (Å²) in [6.45, 7) is 0. The van der Waals surface area contributed by atoms with Crippen LogP contribution in [0, 0.1) is 0 Å². The lowest BCUT2D eigenvalue weighted by atomic mass is 9.93. The van der Waals surface area contributed by atoms with Crippen LogP contribution in [0.2, 0.25) is 5.02 Å². The number of hydrogen-bond acceptors (Lipinski definition) is 3. The number of hydrogen-bond donors (Lipinski definition) is 1. The molecule has 0 spiro atoms. The van der Waals surface area contributed by atoms with E-state index in [-0.39, 0.29) is 10.6 Å². The van der Waals surface area contributed by atoms with Gasteiger partial charge in [0.15, 0.2) is 0 Å². The zero-order chi connectivity index (χ0) is 12.0. The highest BCUT2D eigenvalue weighted by atomic mass is 35.5. The second kappa shape index (κ2) is 3.70. The molecule has 1 fully saturated rings. The molecule has 0 bridgehead atoms. The molecular formula is C11H10ClN3O2. The van der Waals surface area contributed by atoms with Gasteiger partial charge in [0.05, 0.1) is 22.1 Å². The van der Waals surface area contributed by atoms with Crippen LogP contribution in [-0.2, 0) is 0 Å². The van der Waals surface area contributed by atoms with Crippen LogP contribution in [0.25, 0.3) is 11.0 Å². The zero-order valence-electron chi connectivity index (χ0n) is 8.93. The van der Waals surface area contributed by atoms with Crippen molar-refractivity contribution in [3.8, 4) is 0 Å². The number of nitrogens with zero attached hydrogens (tertiary/aromatic N) is 3. The van der Waals surface area contributed by atoms with Gasteiger partial charge in [-0.15, -0.1) is 5.10 Å². The minimum atomic E-state index is -1.05. The van der Waals surface area contributed by atoms with Crippen molar-refractivity contribution in [2.45, 2.75) is 25.3 Å². The van der Waals surface area contributed by atoms with Crippen molar-refractivity contribution in [2.24, 2.45) is 0 Å². The lowest BCUT2D eigenvalue weighted by molar-refractivity contribution is 0.0697. The molecule has 88 valence electrons. The Bertz CT molecular complexity index is 604. The summed E-state index contributed by atoms with van der Waals surface area (Å²) in [5.74, 6) is -1.05. The predicted octanol–water partition coefficient (Wildman–Crippen LogP) is 2.51. The Kier molecular flexibility index (Phi) is 2.29. The summed E-state index contributed by atoms with van der Waals surface area (Å²) in [5, 5.41) is 17.3. The SMILES string of the molecule is O=C(O)c1cc2nnn(C3CCC3)c2cc1Cl. The minimum Gasteiger partial charge on any atom is -0.478 e. The monoisotopic (exact) mass is 251 g/mol. The molecule has 5 nitrogen and oxygen atoms in total. The summed E-state index contributed by atoms with van der Waals surface area (Å²) in [4.78, 5) is 10.9. The Labute approximate surface area is 102 Å². The van der Waals surface area contributed by atoms with Gasteiger partial charge in [-0.25, -0.2) is 9.48 Å².